The highest BCUT2D eigenvalue weighted by Crippen LogP contribution is 2.33. The Morgan fingerprint density at radius 2 is 2.41 bits per heavy atom. The fourth-order valence-electron chi connectivity index (χ4n) is 2.13. The smallest absolute Gasteiger partial charge is 0.335 e. The third-order valence-corrected chi connectivity index (χ3v) is 3.06. The minimum Gasteiger partial charge on any atom is -0.493 e. The maximum atomic E-state index is 11.0. The average Bonchev–Trinajstić information content (AvgIpc) is 2.35. The number of aromatic carboxylic acids is 1. The monoisotopic (exact) mass is 235 g/mol. The van der Waals surface area contributed by atoms with Gasteiger partial charge in [-0.2, -0.15) is 0 Å². The van der Waals surface area contributed by atoms with Crippen LogP contribution >= 0.6 is 0 Å². The van der Waals surface area contributed by atoms with Crippen LogP contribution in [0.2, 0.25) is 0 Å². The van der Waals surface area contributed by atoms with Gasteiger partial charge in [0.2, 0.25) is 0 Å². The van der Waals surface area contributed by atoms with E-state index in [0.29, 0.717) is 18.1 Å². The van der Waals surface area contributed by atoms with Gasteiger partial charge in [0.1, 0.15) is 5.75 Å². The van der Waals surface area contributed by atoms with Gasteiger partial charge in [-0.05, 0) is 36.7 Å². The third kappa shape index (κ3) is 2.58. The van der Waals surface area contributed by atoms with E-state index in [1.807, 2.05) is 0 Å². The zero-order valence-corrected chi connectivity index (χ0v) is 9.90. The van der Waals surface area contributed by atoms with Crippen LogP contribution in [0.15, 0.2) is 18.2 Å². The molecule has 0 saturated heterocycles. The highest BCUT2D eigenvalue weighted by Gasteiger charge is 2.22. The van der Waals surface area contributed by atoms with E-state index in [0.717, 1.165) is 30.8 Å². The number of ether oxygens (including phenoxy) is 1. The molecule has 1 aliphatic rings. The van der Waals surface area contributed by atoms with Crippen LogP contribution in [0.5, 0.6) is 5.75 Å². The lowest BCUT2D eigenvalue weighted by atomic mass is 9.91. The van der Waals surface area contributed by atoms with Crippen LogP contribution < -0.4 is 10.1 Å². The van der Waals surface area contributed by atoms with Crippen molar-refractivity contribution in [3.8, 4) is 5.75 Å². The van der Waals surface area contributed by atoms with Gasteiger partial charge in [0.05, 0.1) is 12.2 Å². The molecule has 1 aromatic carbocycles. The number of rotatable bonds is 4. The van der Waals surface area contributed by atoms with Crippen LogP contribution in [0.3, 0.4) is 0 Å². The Balaban J connectivity index is 2.27. The summed E-state index contributed by atoms with van der Waals surface area (Å²) in [5.41, 5.74) is 1.34. The summed E-state index contributed by atoms with van der Waals surface area (Å²) in [6.45, 7) is 4.56. The molecule has 1 aromatic rings. The first kappa shape index (κ1) is 11.9. The number of carboxylic acid groups (broad SMARTS) is 1. The normalized spacial score (nSPS) is 18.3. The van der Waals surface area contributed by atoms with Gasteiger partial charge < -0.3 is 15.2 Å². The quantitative estimate of drug-likeness (QED) is 0.836. The van der Waals surface area contributed by atoms with Gasteiger partial charge in [-0.1, -0.05) is 6.92 Å². The molecular formula is C13H17NO3. The van der Waals surface area contributed by atoms with E-state index in [1.54, 1.807) is 18.2 Å². The van der Waals surface area contributed by atoms with Crippen molar-refractivity contribution in [1.82, 2.24) is 5.32 Å². The van der Waals surface area contributed by atoms with E-state index < -0.39 is 5.97 Å². The SMILES string of the molecule is CCNCC1CCOc2ccc(C(=O)O)cc21. The Hall–Kier alpha value is -1.55. The maximum Gasteiger partial charge on any atom is 0.335 e. The van der Waals surface area contributed by atoms with Crippen molar-refractivity contribution in [1.29, 1.82) is 0 Å². The van der Waals surface area contributed by atoms with Crippen molar-refractivity contribution >= 4 is 5.97 Å². The van der Waals surface area contributed by atoms with Crippen LogP contribution in [0, 0.1) is 0 Å². The summed E-state index contributed by atoms with van der Waals surface area (Å²) in [4.78, 5) is 11.0. The van der Waals surface area contributed by atoms with Crippen molar-refractivity contribution in [3.63, 3.8) is 0 Å². The van der Waals surface area contributed by atoms with Gasteiger partial charge in [0, 0.05) is 12.5 Å². The zero-order valence-electron chi connectivity index (χ0n) is 9.90. The molecule has 0 saturated carbocycles. The molecule has 2 rings (SSSR count). The minimum absolute atomic E-state index is 0.329. The van der Waals surface area contributed by atoms with Crippen molar-refractivity contribution in [2.24, 2.45) is 0 Å². The summed E-state index contributed by atoms with van der Waals surface area (Å²) in [5.74, 6) is 0.280. The van der Waals surface area contributed by atoms with Crippen molar-refractivity contribution < 1.29 is 14.6 Å². The van der Waals surface area contributed by atoms with Gasteiger partial charge in [0.25, 0.3) is 0 Å². The van der Waals surface area contributed by atoms with Gasteiger partial charge >= 0.3 is 5.97 Å². The first-order valence-electron chi connectivity index (χ1n) is 5.93. The molecule has 4 nitrogen and oxygen atoms in total. The number of hydrogen-bond acceptors (Lipinski definition) is 3. The van der Waals surface area contributed by atoms with E-state index in [-0.39, 0.29) is 0 Å². The fraction of sp³-hybridized carbons (Fsp3) is 0.462. The van der Waals surface area contributed by atoms with E-state index >= 15 is 0 Å². The van der Waals surface area contributed by atoms with Gasteiger partial charge in [-0.25, -0.2) is 4.79 Å². The maximum absolute atomic E-state index is 11.0. The lowest BCUT2D eigenvalue weighted by molar-refractivity contribution is 0.0696. The van der Waals surface area contributed by atoms with E-state index in [1.165, 1.54) is 0 Å². The number of fused-ring (bicyclic) bond motifs is 1. The number of carbonyl (C=O) groups is 1. The van der Waals surface area contributed by atoms with Gasteiger partial charge in [0.15, 0.2) is 0 Å². The van der Waals surface area contributed by atoms with Crippen molar-refractivity contribution in [3.05, 3.63) is 29.3 Å². The molecule has 0 bridgehead atoms. The summed E-state index contributed by atoms with van der Waals surface area (Å²) < 4.78 is 5.55. The number of likely N-dealkylation sites (N-methyl/N-ethyl adjacent to an activating group) is 1. The van der Waals surface area contributed by atoms with Gasteiger partial charge in [-0.15, -0.1) is 0 Å². The molecule has 0 spiro atoms. The highest BCUT2D eigenvalue weighted by molar-refractivity contribution is 5.88. The lowest BCUT2D eigenvalue weighted by Crippen LogP contribution is -2.26. The lowest BCUT2D eigenvalue weighted by Gasteiger charge is -2.26. The molecule has 0 amide bonds. The van der Waals surface area contributed by atoms with E-state index in [2.05, 4.69) is 12.2 Å². The molecule has 0 radical (unpaired) electrons. The Bertz CT molecular complexity index is 417. The summed E-state index contributed by atoms with van der Waals surface area (Å²) >= 11 is 0. The van der Waals surface area contributed by atoms with E-state index in [4.69, 9.17) is 9.84 Å². The Kier molecular flexibility index (Phi) is 3.64. The number of benzene rings is 1. The molecule has 0 aromatic heterocycles. The molecule has 1 unspecified atom stereocenters. The zero-order chi connectivity index (χ0) is 12.3. The second kappa shape index (κ2) is 5.19. The third-order valence-electron chi connectivity index (χ3n) is 3.06. The molecule has 92 valence electrons. The Morgan fingerprint density at radius 1 is 1.59 bits per heavy atom. The Morgan fingerprint density at radius 3 is 3.12 bits per heavy atom. The Labute approximate surface area is 101 Å². The molecule has 1 heterocycles. The molecule has 0 fully saturated rings. The first-order chi connectivity index (χ1) is 8.22. The van der Waals surface area contributed by atoms with Crippen LogP contribution in [0.25, 0.3) is 0 Å². The summed E-state index contributed by atoms with van der Waals surface area (Å²) in [5, 5.41) is 12.3. The average molecular weight is 235 g/mol. The van der Waals surface area contributed by atoms with Crippen molar-refractivity contribution in [2.45, 2.75) is 19.3 Å². The number of nitrogens with one attached hydrogen (secondary N) is 1. The first-order valence-corrected chi connectivity index (χ1v) is 5.93. The number of hydrogen-bond donors (Lipinski definition) is 2. The minimum atomic E-state index is -0.888. The van der Waals surface area contributed by atoms with Crippen LogP contribution in [0.4, 0.5) is 0 Å². The van der Waals surface area contributed by atoms with Crippen molar-refractivity contribution in [2.75, 3.05) is 19.7 Å². The largest absolute Gasteiger partial charge is 0.493 e. The molecule has 17 heavy (non-hydrogen) atoms. The molecule has 1 aliphatic heterocycles. The van der Waals surface area contributed by atoms with E-state index in [9.17, 15) is 4.79 Å². The molecule has 4 heteroatoms. The van der Waals surface area contributed by atoms with Crippen LogP contribution in [0.1, 0.15) is 35.2 Å². The fourth-order valence-corrected chi connectivity index (χ4v) is 2.13. The second-order valence-corrected chi connectivity index (χ2v) is 4.20. The molecule has 2 N–H and O–H groups in total. The van der Waals surface area contributed by atoms with Gasteiger partial charge in [-0.3, -0.25) is 0 Å². The highest BCUT2D eigenvalue weighted by atomic mass is 16.5. The second-order valence-electron chi connectivity index (χ2n) is 4.20. The molecule has 0 aliphatic carbocycles. The van der Waals surface area contributed by atoms with Crippen LogP contribution in [-0.2, 0) is 0 Å². The molecular weight excluding hydrogens is 218 g/mol. The predicted molar refractivity (Wildman–Crippen MR) is 64.8 cm³/mol. The molecule has 1 atom stereocenters. The standard InChI is InChI=1S/C13H17NO3/c1-2-14-8-10-5-6-17-12-4-3-9(13(15)16)7-11(10)12/h3-4,7,10,14H,2,5-6,8H2,1H3,(H,15,16). The van der Waals surface area contributed by atoms with Crippen LogP contribution in [-0.4, -0.2) is 30.8 Å². The summed E-state index contributed by atoms with van der Waals surface area (Å²) in [7, 11) is 0. The predicted octanol–water partition coefficient (Wildman–Crippen LogP) is 1.86. The topological polar surface area (TPSA) is 58.6 Å². The summed E-state index contributed by atoms with van der Waals surface area (Å²) in [6, 6.07) is 5.09. The summed E-state index contributed by atoms with van der Waals surface area (Å²) in [6.07, 6.45) is 0.934. The number of carboxylic acids is 1.